The van der Waals surface area contributed by atoms with Crippen LogP contribution in [0.5, 0.6) is 0 Å². The molecule has 27 heavy (non-hydrogen) atoms. The number of piperazine rings is 1. The van der Waals surface area contributed by atoms with Gasteiger partial charge in [0.05, 0.1) is 17.1 Å². The van der Waals surface area contributed by atoms with E-state index in [2.05, 4.69) is 27.3 Å². The van der Waals surface area contributed by atoms with Gasteiger partial charge >= 0.3 is 0 Å². The molecule has 1 fully saturated rings. The molecule has 1 aromatic carbocycles. The van der Waals surface area contributed by atoms with E-state index in [0.717, 1.165) is 23.7 Å². The summed E-state index contributed by atoms with van der Waals surface area (Å²) in [5.74, 6) is 0.00183. The summed E-state index contributed by atoms with van der Waals surface area (Å²) < 4.78 is 0. The van der Waals surface area contributed by atoms with Crippen LogP contribution < -0.4 is 5.32 Å². The van der Waals surface area contributed by atoms with Crippen molar-refractivity contribution in [2.24, 2.45) is 0 Å². The zero-order valence-corrected chi connectivity index (χ0v) is 16.7. The molecule has 2 amide bonds. The van der Waals surface area contributed by atoms with Gasteiger partial charge < -0.3 is 10.2 Å². The summed E-state index contributed by atoms with van der Waals surface area (Å²) in [6.07, 6.45) is 1.19. The molecule has 1 saturated heterocycles. The average molecular weight is 387 g/mol. The lowest BCUT2D eigenvalue weighted by Gasteiger charge is -2.40. The van der Waals surface area contributed by atoms with Gasteiger partial charge in [-0.3, -0.25) is 14.5 Å². The lowest BCUT2D eigenvalue weighted by atomic mass is 10.1. The van der Waals surface area contributed by atoms with E-state index in [1.165, 1.54) is 5.56 Å². The molecule has 0 spiro atoms. The summed E-state index contributed by atoms with van der Waals surface area (Å²) in [5, 5.41) is 5.64. The van der Waals surface area contributed by atoms with Crippen LogP contribution in [0, 0.1) is 6.92 Å². The van der Waals surface area contributed by atoms with E-state index in [1.807, 2.05) is 30.5 Å². The number of likely N-dealkylation sites (N-methyl/N-ethyl adjacent to an activating group) is 1. The van der Waals surface area contributed by atoms with E-state index in [0.29, 0.717) is 26.1 Å². The Bertz CT molecular complexity index is 777. The summed E-state index contributed by atoms with van der Waals surface area (Å²) in [7, 11) is 1.65. The van der Waals surface area contributed by atoms with Crippen molar-refractivity contribution < 1.29 is 9.59 Å². The number of aromatic nitrogens is 1. The monoisotopic (exact) mass is 386 g/mol. The zero-order chi connectivity index (χ0) is 19.2. The minimum Gasteiger partial charge on any atom is -0.358 e. The molecule has 2 aromatic rings. The molecule has 2 heterocycles. The van der Waals surface area contributed by atoms with Crippen LogP contribution in [0.25, 0.3) is 0 Å². The number of carbonyl (C=O) groups excluding carboxylic acids is 2. The maximum absolute atomic E-state index is 12.7. The number of thiazole rings is 1. The molecule has 1 aliphatic rings. The van der Waals surface area contributed by atoms with Crippen molar-refractivity contribution in [2.45, 2.75) is 25.8 Å². The minimum atomic E-state index is -0.311. The van der Waals surface area contributed by atoms with Gasteiger partial charge in [-0.15, -0.1) is 11.3 Å². The second-order valence-corrected chi connectivity index (χ2v) is 7.84. The number of benzene rings is 1. The van der Waals surface area contributed by atoms with E-state index in [4.69, 9.17) is 0 Å². The van der Waals surface area contributed by atoms with Gasteiger partial charge in [0.2, 0.25) is 11.8 Å². The Labute approximate surface area is 164 Å². The Morgan fingerprint density at radius 1 is 1.26 bits per heavy atom. The molecular formula is C20H26N4O2S. The van der Waals surface area contributed by atoms with Gasteiger partial charge in [-0.2, -0.15) is 0 Å². The second kappa shape index (κ2) is 9.10. The fourth-order valence-electron chi connectivity index (χ4n) is 3.40. The van der Waals surface area contributed by atoms with Crippen LogP contribution in [0.1, 0.15) is 16.3 Å². The number of nitrogens with one attached hydrogen (secondary N) is 1. The summed E-state index contributed by atoms with van der Waals surface area (Å²) in [6.45, 7) is 4.51. The molecule has 144 valence electrons. The van der Waals surface area contributed by atoms with E-state index < -0.39 is 0 Å². The fourth-order valence-corrected chi connectivity index (χ4v) is 4.02. The van der Waals surface area contributed by atoms with Crippen molar-refractivity contribution in [3.05, 3.63) is 52.0 Å². The van der Waals surface area contributed by atoms with Crippen LogP contribution in [-0.4, -0.2) is 65.9 Å². The van der Waals surface area contributed by atoms with Gasteiger partial charge in [0, 0.05) is 38.6 Å². The van der Waals surface area contributed by atoms with Gasteiger partial charge in [-0.25, -0.2) is 4.98 Å². The molecule has 7 heteroatoms. The topological polar surface area (TPSA) is 65.5 Å². The highest BCUT2D eigenvalue weighted by atomic mass is 32.1. The maximum Gasteiger partial charge on any atom is 0.238 e. The standard InChI is InChI=1S/C20H26N4O2S/c1-15-22-17(14-27-15)12-19(25)24-11-10-23(18(13-24)20(26)21-2)9-8-16-6-4-3-5-7-16/h3-7,14,18H,8-13H2,1-2H3,(H,21,26)/t18-/m0/s1. The number of amides is 2. The van der Waals surface area contributed by atoms with Crippen molar-refractivity contribution in [3.8, 4) is 0 Å². The fraction of sp³-hybridized carbons (Fsp3) is 0.450. The molecular weight excluding hydrogens is 360 g/mol. The van der Waals surface area contributed by atoms with E-state index in [1.54, 1.807) is 23.3 Å². The van der Waals surface area contributed by atoms with Crippen molar-refractivity contribution in [1.29, 1.82) is 0 Å². The quantitative estimate of drug-likeness (QED) is 0.817. The first kappa shape index (κ1) is 19.5. The van der Waals surface area contributed by atoms with Gasteiger partial charge in [-0.05, 0) is 18.9 Å². The Balaban J connectivity index is 1.61. The number of aryl methyl sites for hydroxylation is 1. The third-order valence-electron chi connectivity index (χ3n) is 4.92. The van der Waals surface area contributed by atoms with E-state index in [-0.39, 0.29) is 17.9 Å². The molecule has 0 saturated carbocycles. The van der Waals surface area contributed by atoms with Gasteiger partial charge in [0.1, 0.15) is 6.04 Å². The Hall–Kier alpha value is -2.25. The molecule has 1 atom stereocenters. The van der Waals surface area contributed by atoms with Crippen LogP contribution in [0.2, 0.25) is 0 Å². The second-order valence-electron chi connectivity index (χ2n) is 6.78. The summed E-state index contributed by atoms with van der Waals surface area (Å²) in [5.41, 5.74) is 2.07. The zero-order valence-electron chi connectivity index (χ0n) is 15.9. The smallest absolute Gasteiger partial charge is 0.238 e. The average Bonchev–Trinajstić information content (AvgIpc) is 3.11. The van der Waals surface area contributed by atoms with Crippen molar-refractivity contribution in [1.82, 2.24) is 20.1 Å². The molecule has 3 rings (SSSR count). The molecule has 0 bridgehead atoms. The van der Waals surface area contributed by atoms with Gasteiger partial charge in [0.15, 0.2) is 0 Å². The van der Waals surface area contributed by atoms with E-state index >= 15 is 0 Å². The predicted molar refractivity (Wildman–Crippen MR) is 107 cm³/mol. The van der Waals surface area contributed by atoms with Crippen molar-refractivity contribution >= 4 is 23.2 Å². The van der Waals surface area contributed by atoms with Crippen LogP contribution in [0.15, 0.2) is 35.7 Å². The number of nitrogens with zero attached hydrogens (tertiary/aromatic N) is 3. The van der Waals surface area contributed by atoms with Crippen LogP contribution >= 0.6 is 11.3 Å². The third kappa shape index (κ3) is 5.14. The molecule has 0 radical (unpaired) electrons. The predicted octanol–water partition coefficient (Wildman–Crippen LogP) is 1.50. The third-order valence-corrected chi connectivity index (χ3v) is 5.74. The number of hydrogen-bond acceptors (Lipinski definition) is 5. The largest absolute Gasteiger partial charge is 0.358 e. The maximum atomic E-state index is 12.7. The first-order valence-electron chi connectivity index (χ1n) is 9.25. The van der Waals surface area contributed by atoms with Gasteiger partial charge in [-0.1, -0.05) is 30.3 Å². The molecule has 1 aliphatic heterocycles. The Morgan fingerprint density at radius 2 is 2.04 bits per heavy atom. The Kier molecular flexibility index (Phi) is 6.58. The van der Waals surface area contributed by atoms with Gasteiger partial charge in [0.25, 0.3) is 0 Å². The van der Waals surface area contributed by atoms with Crippen LogP contribution in [-0.2, 0) is 22.4 Å². The van der Waals surface area contributed by atoms with E-state index in [9.17, 15) is 9.59 Å². The number of rotatable bonds is 6. The highest BCUT2D eigenvalue weighted by molar-refractivity contribution is 7.09. The first-order valence-corrected chi connectivity index (χ1v) is 10.1. The summed E-state index contributed by atoms with van der Waals surface area (Å²) in [6, 6.07) is 9.96. The molecule has 1 aromatic heterocycles. The lowest BCUT2D eigenvalue weighted by molar-refractivity contribution is -0.137. The minimum absolute atomic E-state index is 0.0370. The first-order chi connectivity index (χ1) is 13.1. The summed E-state index contributed by atoms with van der Waals surface area (Å²) in [4.78, 5) is 33.4. The number of carbonyl (C=O) groups is 2. The molecule has 0 unspecified atom stereocenters. The molecule has 1 N–H and O–H groups in total. The van der Waals surface area contributed by atoms with Crippen molar-refractivity contribution in [2.75, 3.05) is 33.2 Å². The summed E-state index contributed by atoms with van der Waals surface area (Å²) >= 11 is 1.55. The Morgan fingerprint density at radius 3 is 2.70 bits per heavy atom. The normalized spacial score (nSPS) is 17.7. The van der Waals surface area contributed by atoms with Crippen LogP contribution in [0.3, 0.4) is 0 Å². The molecule has 6 nitrogen and oxygen atoms in total. The molecule has 0 aliphatic carbocycles. The van der Waals surface area contributed by atoms with Crippen LogP contribution in [0.4, 0.5) is 0 Å². The number of hydrogen-bond donors (Lipinski definition) is 1. The highest BCUT2D eigenvalue weighted by Gasteiger charge is 2.33. The van der Waals surface area contributed by atoms with Crippen molar-refractivity contribution in [3.63, 3.8) is 0 Å². The lowest BCUT2D eigenvalue weighted by Crippen LogP contribution is -2.60. The SMILES string of the molecule is CNC(=O)[C@@H]1CN(C(=O)Cc2csc(C)n2)CCN1CCc1ccccc1. The highest BCUT2D eigenvalue weighted by Crippen LogP contribution is 2.15.